The minimum absolute atomic E-state index is 0.0189. The topological polar surface area (TPSA) is 421 Å². The second kappa shape index (κ2) is 23.6. The van der Waals surface area contributed by atoms with Gasteiger partial charge in [-0.1, -0.05) is 31.7 Å². The number of rotatable bonds is 27. The molecule has 27 nitrogen and oxygen atoms in total. The van der Waals surface area contributed by atoms with E-state index in [1.165, 1.54) is 19.9 Å². The number of carbonyl (C=O) groups is 4. The molecule has 3 heterocycles. The number of phosphoric ester groups is 3. The molecule has 0 saturated carbocycles. The van der Waals surface area contributed by atoms with Crippen LogP contribution in [0.2, 0.25) is 0 Å². The molecule has 0 bridgehead atoms. The Hall–Kier alpha value is -3.27. The smallest absolute Gasteiger partial charge is 0.478 e. The van der Waals surface area contributed by atoms with Crippen LogP contribution in [0.4, 0.5) is 5.82 Å². The van der Waals surface area contributed by atoms with E-state index in [0.717, 1.165) is 35.1 Å². The number of carboxylic acids is 1. The molecule has 2 aromatic rings. The molecule has 0 radical (unpaired) electrons. The molecule has 1 aliphatic rings. The Labute approximate surface area is 357 Å². The molecule has 8 unspecified atom stereocenters. The van der Waals surface area contributed by atoms with E-state index in [9.17, 15) is 67.8 Å². The molecule has 0 aromatic carbocycles. The van der Waals surface area contributed by atoms with Crippen molar-refractivity contribution in [3.05, 3.63) is 24.8 Å². The number of anilines is 1. The number of carboxylic acid groups (broad SMARTS) is 1. The molecule has 1 fully saturated rings. The molecule has 3 rings (SSSR count). The zero-order valence-corrected chi connectivity index (χ0v) is 36.6. The highest BCUT2D eigenvalue weighted by atomic mass is 32.2. The van der Waals surface area contributed by atoms with Crippen molar-refractivity contribution in [1.29, 1.82) is 0 Å². The Morgan fingerprint density at radius 2 is 1.71 bits per heavy atom. The number of aromatic nitrogens is 4. The van der Waals surface area contributed by atoms with Crippen molar-refractivity contribution in [3.8, 4) is 0 Å². The van der Waals surface area contributed by atoms with Crippen molar-refractivity contribution in [2.24, 2.45) is 5.41 Å². The lowest BCUT2D eigenvalue weighted by Crippen LogP contribution is -2.46. The molecule has 62 heavy (non-hydrogen) atoms. The number of nitrogens with one attached hydrogen (secondary N) is 2. The van der Waals surface area contributed by atoms with Gasteiger partial charge in [-0.25, -0.2) is 33.4 Å². The Kier molecular flexibility index (Phi) is 20.2. The first-order valence-corrected chi connectivity index (χ1v) is 23.9. The van der Waals surface area contributed by atoms with Gasteiger partial charge in [0.15, 0.2) is 22.8 Å². The number of fused-ring (bicyclic) bond motifs is 1. The number of imidazole rings is 1. The number of allylic oxidation sites excluding steroid dienone is 1. The van der Waals surface area contributed by atoms with Crippen molar-refractivity contribution >= 4 is 75.1 Å². The third kappa shape index (κ3) is 17.7. The van der Waals surface area contributed by atoms with Crippen LogP contribution in [0, 0.1) is 5.41 Å². The molecular formula is C31H50N7O20P3S. The summed E-state index contributed by atoms with van der Waals surface area (Å²) in [6.07, 6.45) is -3.58. The third-order valence-corrected chi connectivity index (χ3v) is 12.6. The number of phosphoric acid groups is 3. The van der Waals surface area contributed by atoms with Gasteiger partial charge in [0.05, 0.1) is 25.6 Å². The first-order valence-electron chi connectivity index (χ1n) is 18.4. The summed E-state index contributed by atoms with van der Waals surface area (Å²) in [6, 6.07) is 0. The van der Waals surface area contributed by atoms with Gasteiger partial charge < -0.3 is 61.1 Å². The molecule has 8 atom stereocenters. The number of amides is 2. The molecule has 1 saturated heterocycles. The summed E-state index contributed by atoms with van der Waals surface area (Å²) in [5, 5.41) is 44.7. The molecule has 2 amide bonds. The predicted octanol–water partition coefficient (Wildman–Crippen LogP) is -0.383. The van der Waals surface area contributed by atoms with E-state index in [0.29, 0.717) is 25.7 Å². The van der Waals surface area contributed by atoms with E-state index in [-0.39, 0.29) is 53.8 Å². The average Bonchev–Trinajstić information content (AvgIpc) is 3.73. The molecule has 2 aromatic heterocycles. The van der Waals surface area contributed by atoms with E-state index >= 15 is 0 Å². The van der Waals surface area contributed by atoms with Crippen LogP contribution in [0.15, 0.2) is 24.8 Å². The highest BCUT2D eigenvalue weighted by Gasteiger charge is 2.50. The molecule has 1 aliphatic heterocycles. The van der Waals surface area contributed by atoms with E-state index in [4.69, 9.17) is 24.6 Å². The highest BCUT2D eigenvalue weighted by molar-refractivity contribution is 8.13. The largest absolute Gasteiger partial charge is 0.481 e. The quantitative estimate of drug-likeness (QED) is 0.0309. The fourth-order valence-corrected chi connectivity index (χ4v) is 9.02. The van der Waals surface area contributed by atoms with Gasteiger partial charge in [0.1, 0.15) is 36.3 Å². The zero-order chi connectivity index (χ0) is 46.5. The summed E-state index contributed by atoms with van der Waals surface area (Å²) >= 11 is 0.988. The minimum Gasteiger partial charge on any atom is -0.478 e. The number of carbonyl (C=O) groups excluding carboxylic acids is 3. The summed E-state index contributed by atoms with van der Waals surface area (Å²) in [6.45, 7) is 0.285. The van der Waals surface area contributed by atoms with Crippen molar-refractivity contribution in [3.63, 3.8) is 0 Å². The Morgan fingerprint density at radius 1 is 1.02 bits per heavy atom. The lowest BCUT2D eigenvalue weighted by Gasteiger charge is -2.30. The Bertz CT molecular complexity index is 2040. The Balaban J connectivity index is 1.39. The van der Waals surface area contributed by atoms with E-state index in [2.05, 4.69) is 34.4 Å². The number of nitrogens with zero attached hydrogens (tertiary/aromatic N) is 4. The third-order valence-electron chi connectivity index (χ3n) is 8.61. The molecule has 0 spiro atoms. The molecule has 12 N–H and O–H groups in total. The monoisotopic (exact) mass is 965 g/mol. The van der Waals surface area contributed by atoms with Gasteiger partial charge in [-0.2, -0.15) is 4.31 Å². The fraction of sp³-hybridized carbons (Fsp3) is 0.645. The van der Waals surface area contributed by atoms with Crippen LogP contribution in [-0.2, 0) is 55.5 Å². The van der Waals surface area contributed by atoms with E-state index < -0.39 is 96.6 Å². The predicted molar refractivity (Wildman–Crippen MR) is 213 cm³/mol. The standard InChI is InChI=1S/C31H50N7O20P3S/c1-31(2,26(45)29(46)34-11-10-20(40)33-12-13-62-22(43)9-5-7-18(39)6-3-4-8-21(41)42)15-55-61(52,53)58-60(50,51)54-14-19-25(57-59(47,48)49)24(44)30(56-19)38-17-37-23-27(32)35-16-36-28(23)38/h4,8,16-19,24-26,30,39,44-45H,3,5-7,9-15H2,1-2H3,(H,33,40)(H,34,46)(H,41,42)(H,50,51)(H,52,53)(H2,32,35,36)(H2,47,48,49)/b8-4+. The maximum absolute atomic E-state index is 12.7. The zero-order valence-electron chi connectivity index (χ0n) is 33.1. The molecule has 350 valence electrons. The average molecular weight is 966 g/mol. The summed E-state index contributed by atoms with van der Waals surface area (Å²) < 4.78 is 62.1. The second-order valence-corrected chi connectivity index (χ2v) is 19.5. The van der Waals surface area contributed by atoms with E-state index in [1.54, 1.807) is 0 Å². The number of thioether (sulfide) groups is 1. The van der Waals surface area contributed by atoms with Gasteiger partial charge in [0, 0.05) is 43.2 Å². The number of ether oxygens (including phenoxy) is 1. The number of aliphatic carboxylic acids is 1. The fourth-order valence-electron chi connectivity index (χ4n) is 5.47. The number of aliphatic hydroxyl groups excluding tert-OH is 3. The summed E-state index contributed by atoms with van der Waals surface area (Å²) in [5.41, 5.74) is 4.21. The lowest BCUT2D eigenvalue weighted by molar-refractivity contribution is -0.137. The summed E-state index contributed by atoms with van der Waals surface area (Å²) in [5.74, 6) is -2.37. The Morgan fingerprint density at radius 3 is 2.39 bits per heavy atom. The van der Waals surface area contributed by atoms with Crippen LogP contribution in [0.3, 0.4) is 0 Å². The van der Waals surface area contributed by atoms with Crippen LogP contribution in [0.25, 0.3) is 11.2 Å². The van der Waals surface area contributed by atoms with Gasteiger partial charge in [-0.15, -0.1) is 0 Å². The van der Waals surface area contributed by atoms with Gasteiger partial charge >= 0.3 is 29.4 Å². The lowest BCUT2D eigenvalue weighted by atomic mass is 9.87. The van der Waals surface area contributed by atoms with Crippen LogP contribution in [-0.4, -0.2) is 145 Å². The van der Waals surface area contributed by atoms with Gasteiger partial charge in [0.2, 0.25) is 11.8 Å². The number of nitrogen functional groups attached to an aromatic ring is 1. The number of hydrogen-bond acceptors (Lipinski definition) is 20. The first-order chi connectivity index (χ1) is 28.8. The summed E-state index contributed by atoms with van der Waals surface area (Å²) in [7, 11) is -16.5. The van der Waals surface area contributed by atoms with Gasteiger partial charge in [-0.3, -0.25) is 32.5 Å². The number of aliphatic hydroxyl groups is 3. The van der Waals surface area contributed by atoms with Crippen LogP contribution < -0.4 is 16.4 Å². The van der Waals surface area contributed by atoms with Gasteiger partial charge in [0.25, 0.3) is 0 Å². The van der Waals surface area contributed by atoms with Gasteiger partial charge in [-0.05, 0) is 25.7 Å². The molecular weight excluding hydrogens is 915 g/mol. The van der Waals surface area contributed by atoms with Crippen LogP contribution >= 0.6 is 35.2 Å². The van der Waals surface area contributed by atoms with Crippen molar-refractivity contribution < 1.29 is 95.5 Å². The SMILES string of the molecule is CC(C)(COP(=O)(O)OP(=O)(O)OCC1OC(n2cnc3c(N)ncnc32)C(O)C1OP(=O)(O)O)C(O)C(=O)NCCC(=O)NCCSC(=O)CCCC(O)CC/C=C/C(=O)O. The molecule has 31 heteroatoms. The number of nitrogens with two attached hydrogens (primary N) is 1. The van der Waals surface area contributed by atoms with Crippen molar-refractivity contribution in [2.75, 3.05) is 37.8 Å². The maximum Gasteiger partial charge on any atom is 0.481 e. The normalized spacial score (nSPS) is 21.3. The van der Waals surface area contributed by atoms with E-state index in [1.807, 2.05) is 0 Å². The molecule has 0 aliphatic carbocycles. The highest BCUT2D eigenvalue weighted by Crippen LogP contribution is 2.61. The first kappa shape index (κ1) is 53.1. The van der Waals surface area contributed by atoms with Crippen LogP contribution in [0.1, 0.15) is 58.6 Å². The number of hydrogen-bond donors (Lipinski definition) is 11. The second-order valence-electron chi connectivity index (χ2n) is 14.2. The van der Waals surface area contributed by atoms with Crippen LogP contribution in [0.5, 0.6) is 0 Å². The minimum atomic E-state index is -5.59. The maximum atomic E-state index is 12.7. The van der Waals surface area contributed by atoms with Crippen molar-refractivity contribution in [2.45, 2.75) is 89.1 Å². The summed E-state index contributed by atoms with van der Waals surface area (Å²) in [4.78, 5) is 98.3. The van der Waals surface area contributed by atoms with Crippen molar-refractivity contribution in [1.82, 2.24) is 30.2 Å².